The molecule has 1 saturated heterocycles. The molecule has 7 nitrogen and oxygen atoms in total. The Balaban J connectivity index is 1.96. The molecule has 3 N–H and O–H groups in total. The van der Waals surface area contributed by atoms with Gasteiger partial charge < -0.3 is 20.5 Å². The van der Waals surface area contributed by atoms with E-state index in [-0.39, 0.29) is 17.7 Å². The molecule has 4 rings (SSSR count). The van der Waals surface area contributed by atoms with Gasteiger partial charge in [-0.25, -0.2) is 13.6 Å². The minimum Gasteiger partial charge on any atom is -0.482 e. The molecule has 1 unspecified atom stereocenters. The van der Waals surface area contributed by atoms with E-state index < -0.39 is 48.0 Å². The number of amides is 2. The second kappa shape index (κ2) is 11.1. The van der Waals surface area contributed by atoms with Crippen molar-refractivity contribution in [3.05, 3.63) is 93.0 Å². The summed E-state index contributed by atoms with van der Waals surface area (Å²) in [5.74, 6) is -4.51. The molecule has 192 valence electrons. The lowest BCUT2D eigenvalue weighted by Crippen LogP contribution is -2.42. The van der Waals surface area contributed by atoms with Gasteiger partial charge in [-0.15, -0.1) is 0 Å². The zero-order valence-electron chi connectivity index (χ0n) is 19.0. The number of anilines is 1. The lowest BCUT2D eigenvalue weighted by Gasteiger charge is -2.40. The van der Waals surface area contributed by atoms with Crippen LogP contribution in [0.15, 0.2) is 54.6 Å². The average Bonchev–Trinajstić information content (AvgIpc) is 2.85. The van der Waals surface area contributed by atoms with Gasteiger partial charge in [0.2, 0.25) is 12.3 Å². The molecule has 0 aliphatic carbocycles. The summed E-state index contributed by atoms with van der Waals surface area (Å²) < 4.78 is 34.8. The van der Waals surface area contributed by atoms with E-state index in [0.29, 0.717) is 33.3 Å². The molecule has 0 aromatic heterocycles. The molecule has 1 aliphatic rings. The molecule has 3 aromatic rings. The highest BCUT2D eigenvalue weighted by Gasteiger charge is 2.43. The van der Waals surface area contributed by atoms with Gasteiger partial charge in [-0.3, -0.25) is 9.59 Å². The van der Waals surface area contributed by atoms with Gasteiger partial charge in [0.15, 0.2) is 6.61 Å². The largest absolute Gasteiger partial charge is 0.482 e. The Labute approximate surface area is 220 Å². The quantitative estimate of drug-likeness (QED) is 0.325. The SMILES string of the molecule is O=CNc1cc(Cl)ccc1C1[C@@H](c2cc(Cl)ccc2OCC(=O)O)CC(=O)N[C@@H]1c1cc(F)ccc1F. The summed E-state index contributed by atoms with van der Waals surface area (Å²) in [4.78, 5) is 35.5. The first-order chi connectivity index (χ1) is 17.7. The summed E-state index contributed by atoms with van der Waals surface area (Å²) >= 11 is 12.4. The number of ether oxygens (including phenoxy) is 1. The lowest BCUT2D eigenvalue weighted by molar-refractivity contribution is -0.139. The summed E-state index contributed by atoms with van der Waals surface area (Å²) in [6.45, 7) is -0.654. The highest BCUT2D eigenvalue weighted by Crippen LogP contribution is 2.51. The third-order valence-electron chi connectivity index (χ3n) is 6.12. The molecule has 2 amide bonds. The average molecular weight is 549 g/mol. The monoisotopic (exact) mass is 548 g/mol. The molecule has 3 aromatic carbocycles. The number of carboxylic acids is 1. The first kappa shape index (κ1) is 26.4. The van der Waals surface area contributed by atoms with E-state index in [1.165, 1.54) is 24.3 Å². The van der Waals surface area contributed by atoms with Crippen molar-refractivity contribution in [3.8, 4) is 5.75 Å². The third kappa shape index (κ3) is 5.84. The first-order valence-electron chi connectivity index (χ1n) is 11.1. The maximum absolute atomic E-state index is 15.0. The molecule has 11 heteroatoms. The van der Waals surface area contributed by atoms with Gasteiger partial charge in [-0.1, -0.05) is 29.3 Å². The smallest absolute Gasteiger partial charge is 0.341 e. The lowest BCUT2D eigenvalue weighted by atomic mass is 9.70. The topological polar surface area (TPSA) is 105 Å². The molecule has 0 radical (unpaired) electrons. The summed E-state index contributed by atoms with van der Waals surface area (Å²) in [6, 6.07) is 11.1. The van der Waals surface area contributed by atoms with Crippen LogP contribution in [0.1, 0.15) is 41.0 Å². The van der Waals surface area contributed by atoms with E-state index in [4.69, 9.17) is 33.0 Å². The standard InChI is InChI=1S/C26H20Cl2F2N2O5/c27-13-2-6-22(37-11-24(35)36)17(7-13)18-10-23(34)32-26(19-9-15(29)3-5-20(19)30)25(18)16-4-1-14(28)8-21(16)31-12-33/h1-9,12,18,25-26H,10-11H2,(H,31,33)(H,32,34)(H,35,36)/t18-,25?,26-/m1/s1. The fourth-order valence-electron chi connectivity index (χ4n) is 4.69. The molecule has 0 saturated carbocycles. The van der Waals surface area contributed by atoms with Crippen molar-refractivity contribution in [1.29, 1.82) is 0 Å². The number of halogens is 4. The summed E-state index contributed by atoms with van der Waals surface area (Å²) in [5.41, 5.74) is 1.05. The Morgan fingerprint density at radius 2 is 1.78 bits per heavy atom. The second-order valence-electron chi connectivity index (χ2n) is 8.41. The van der Waals surface area contributed by atoms with Crippen LogP contribution in [0.2, 0.25) is 10.0 Å². The minimum atomic E-state index is -1.21. The van der Waals surface area contributed by atoms with Gasteiger partial charge >= 0.3 is 5.97 Å². The number of benzene rings is 3. The minimum absolute atomic E-state index is 0.106. The molecule has 1 fully saturated rings. The van der Waals surface area contributed by atoms with E-state index in [9.17, 15) is 18.8 Å². The van der Waals surface area contributed by atoms with Crippen molar-refractivity contribution in [3.63, 3.8) is 0 Å². The van der Waals surface area contributed by atoms with Crippen molar-refractivity contribution < 1.29 is 33.0 Å². The van der Waals surface area contributed by atoms with Gasteiger partial charge in [-0.05, 0) is 59.7 Å². The van der Waals surface area contributed by atoms with E-state index in [2.05, 4.69) is 10.6 Å². The van der Waals surface area contributed by atoms with Crippen molar-refractivity contribution in [2.45, 2.75) is 24.3 Å². The molecule has 0 spiro atoms. The molecule has 0 bridgehead atoms. The Hall–Kier alpha value is -3.69. The number of rotatable bonds is 8. The van der Waals surface area contributed by atoms with Crippen molar-refractivity contribution in [2.24, 2.45) is 0 Å². The number of piperidine rings is 1. The van der Waals surface area contributed by atoms with Gasteiger partial charge in [-0.2, -0.15) is 0 Å². The van der Waals surface area contributed by atoms with Crippen LogP contribution >= 0.6 is 23.2 Å². The highest BCUT2D eigenvalue weighted by molar-refractivity contribution is 6.31. The van der Waals surface area contributed by atoms with Crippen LogP contribution in [0.3, 0.4) is 0 Å². The summed E-state index contributed by atoms with van der Waals surface area (Å²) in [6.07, 6.45) is 0.329. The molecule has 1 heterocycles. The second-order valence-corrected chi connectivity index (χ2v) is 9.28. The Morgan fingerprint density at radius 1 is 1.05 bits per heavy atom. The van der Waals surface area contributed by atoms with Crippen LogP contribution in [-0.2, 0) is 14.4 Å². The van der Waals surface area contributed by atoms with Crippen LogP contribution in [0.25, 0.3) is 0 Å². The Kier molecular flexibility index (Phi) is 7.94. The molecule has 1 aliphatic heterocycles. The highest BCUT2D eigenvalue weighted by atomic mass is 35.5. The third-order valence-corrected chi connectivity index (χ3v) is 6.59. The zero-order chi connectivity index (χ0) is 26.7. The number of hydrogen-bond donors (Lipinski definition) is 3. The number of carbonyl (C=O) groups excluding carboxylic acids is 2. The van der Waals surface area contributed by atoms with E-state index >= 15 is 4.39 Å². The fraction of sp³-hybridized carbons (Fsp3) is 0.192. The molecule has 3 atom stereocenters. The van der Waals surface area contributed by atoms with Crippen molar-refractivity contribution in [1.82, 2.24) is 5.32 Å². The number of carboxylic acid groups (broad SMARTS) is 1. The van der Waals surface area contributed by atoms with E-state index in [0.717, 1.165) is 18.2 Å². The van der Waals surface area contributed by atoms with Crippen molar-refractivity contribution >= 4 is 47.2 Å². The molecular weight excluding hydrogens is 529 g/mol. The zero-order valence-corrected chi connectivity index (χ0v) is 20.5. The van der Waals surface area contributed by atoms with E-state index in [1.807, 2.05) is 0 Å². The Bertz CT molecular complexity index is 1370. The van der Waals surface area contributed by atoms with Crippen LogP contribution in [0.4, 0.5) is 14.5 Å². The normalized spacial score (nSPS) is 19.1. The maximum atomic E-state index is 15.0. The number of carbonyl (C=O) groups is 3. The predicted octanol–water partition coefficient (Wildman–Crippen LogP) is 5.43. The molecular formula is C26H20Cl2F2N2O5. The first-order valence-corrected chi connectivity index (χ1v) is 11.8. The van der Waals surface area contributed by atoms with Gasteiger partial charge in [0.05, 0.1) is 6.04 Å². The van der Waals surface area contributed by atoms with Gasteiger partial charge in [0.25, 0.3) is 0 Å². The van der Waals surface area contributed by atoms with Gasteiger partial charge in [0.1, 0.15) is 17.4 Å². The maximum Gasteiger partial charge on any atom is 0.341 e. The van der Waals surface area contributed by atoms with Crippen LogP contribution in [-0.4, -0.2) is 30.0 Å². The predicted molar refractivity (Wildman–Crippen MR) is 133 cm³/mol. The number of hydrogen-bond acceptors (Lipinski definition) is 4. The number of nitrogens with one attached hydrogen (secondary N) is 2. The van der Waals surface area contributed by atoms with Gasteiger partial charge in [0, 0.05) is 39.6 Å². The van der Waals surface area contributed by atoms with E-state index in [1.54, 1.807) is 12.1 Å². The molecule has 37 heavy (non-hydrogen) atoms. The fourth-order valence-corrected chi connectivity index (χ4v) is 5.05. The van der Waals surface area contributed by atoms with Crippen LogP contribution < -0.4 is 15.4 Å². The number of aliphatic carboxylic acids is 1. The summed E-state index contributed by atoms with van der Waals surface area (Å²) in [7, 11) is 0. The van der Waals surface area contributed by atoms with Crippen LogP contribution in [0, 0.1) is 11.6 Å². The summed E-state index contributed by atoms with van der Waals surface area (Å²) in [5, 5.41) is 15.1. The Morgan fingerprint density at radius 3 is 2.51 bits per heavy atom. The van der Waals surface area contributed by atoms with Crippen LogP contribution in [0.5, 0.6) is 5.75 Å². The van der Waals surface area contributed by atoms with Crippen molar-refractivity contribution in [2.75, 3.05) is 11.9 Å².